The van der Waals surface area contributed by atoms with E-state index in [9.17, 15) is 9.59 Å². The molecule has 2 rings (SSSR count). The van der Waals surface area contributed by atoms with Gasteiger partial charge >= 0.3 is 0 Å². The average Bonchev–Trinajstić information content (AvgIpc) is 2.72. The number of amides is 1. The minimum Gasteiger partial charge on any atom is -0.335 e. The van der Waals surface area contributed by atoms with Gasteiger partial charge in [-0.25, -0.2) is 0 Å². The van der Waals surface area contributed by atoms with Crippen molar-refractivity contribution < 1.29 is 9.59 Å². The number of likely N-dealkylation sites (tertiary alicyclic amines) is 1. The van der Waals surface area contributed by atoms with E-state index in [1.807, 2.05) is 30.3 Å². The van der Waals surface area contributed by atoms with Gasteiger partial charge in [0.25, 0.3) is 0 Å². The SMILES string of the molecule is CC(C)(C)C1CC(=O)N(CC(=O)Cc2ccccc2)C1. The highest BCUT2D eigenvalue weighted by atomic mass is 16.2. The lowest BCUT2D eigenvalue weighted by Gasteiger charge is -2.26. The third kappa shape index (κ3) is 3.69. The van der Waals surface area contributed by atoms with E-state index < -0.39 is 0 Å². The van der Waals surface area contributed by atoms with Crippen molar-refractivity contribution in [3.05, 3.63) is 35.9 Å². The highest BCUT2D eigenvalue weighted by Gasteiger charge is 2.37. The zero-order valence-electron chi connectivity index (χ0n) is 12.6. The minimum absolute atomic E-state index is 0.110. The molecule has 1 heterocycles. The van der Waals surface area contributed by atoms with Crippen molar-refractivity contribution >= 4 is 11.7 Å². The van der Waals surface area contributed by atoms with E-state index >= 15 is 0 Å². The molecular weight excluding hydrogens is 250 g/mol. The van der Waals surface area contributed by atoms with Crippen LogP contribution in [0.4, 0.5) is 0 Å². The van der Waals surface area contributed by atoms with E-state index in [1.54, 1.807) is 4.90 Å². The maximum atomic E-state index is 12.1. The van der Waals surface area contributed by atoms with E-state index in [4.69, 9.17) is 0 Å². The van der Waals surface area contributed by atoms with Gasteiger partial charge in [-0.2, -0.15) is 0 Å². The Balaban J connectivity index is 1.91. The van der Waals surface area contributed by atoms with Gasteiger partial charge in [0, 0.05) is 19.4 Å². The lowest BCUT2D eigenvalue weighted by atomic mass is 9.80. The summed E-state index contributed by atoms with van der Waals surface area (Å²) in [6.07, 6.45) is 0.979. The van der Waals surface area contributed by atoms with Gasteiger partial charge in [0.1, 0.15) is 0 Å². The molecule has 0 bridgehead atoms. The van der Waals surface area contributed by atoms with Crippen LogP contribution in [0.2, 0.25) is 0 Å². The van der Waals surface area contributed by atoms with Gasteiger partial charge in [-0.1, -0.05) is 51.1 Å². The molecule has 0 aromatic heterocycles. The molecule has 1 saturated heterocycles. The van der Waals surface area contributed by atoms with Crippen LogP contribution in [0.1, 0.15) is 32.8 Å². The summed E-state index contributed by atoms with van der Waals surface area (Å²) >= 11 is 0. The lowest BCUT2D eigenvalue weighted by Crippen LogP contribution is -2.33. The van der Waals surface area contributed by atoms with E-state index in [0.717, 1.165) is 5.56 Å². The predicted molar refractivity (Wildman–Crippen MR) is 79.3 cm³/mol. The van der Waals surface area contributed by atoms with Crippen molar-refractivity contribution in [2.24, 2.45) is 11.3 Å². The number of rotatable bonds is 4. The molecule has 1 aliphatic rings. The Labute approximate surface area is 121 Å². The Morgan fingerprint density at radius 2 is 1.90 bits per heavy atom. The molecule has 20 heavy (non-hydrogen) atoms. The van der Waals surface area contributed by atoms with E-state index in [1.165, 1.54) is 0 Å². The molecule has 0 aliphatic carbocycles. The summed E-state index contributed by atoms with van der Waals surface area (Å²) in [5.74, 6) is 0.574. The van der Waals surface area contributed by atoms with Crippen molar-refractivity contribution in [1.29, 1.82) is 0 Å². The van der Waals surface area contributed by atoms with Crippen molar-refractivity contribution in [3.63, 3.8) is 0 Å². The lowest BCUT2D eigenvalue weighted by molar-refractivity contribution is -0.132. The fourth-order valence-electron chi connectivity index (χ4n) is 2.60. The molecule has 1 unspecified atom stereocenters. The standard InChI is InChI=1S/C17H23NO2/c1-17(2,3)14-10-16(20)18(11-14)12-15(19)9-13-7-5-4-6-8-13/h4-8,14H,9-12H2,1-3H3. The van der Waals surface area contributed by atoms with Gasteiger partial charge in [0.15, 0.2) is 5.78 Å². The van der Waals surface area contributed by atoms with Crippen LogP contribution in [0.5, 0.6) is 0 Å². The third-order valence-electron chi connectivity index (χ3n) is 4.05. The maximum Gasteiger partial charge on any atom is 0.223 e. The second-order valence-corrected chi connectivity index (χ2v) is 6.74. The maximum absolute atomic E-state index is 12.1. The zero-order chi connectivity index (χ0) is 14.8. The molecule has 108 valence electrons. The summed E-state index contributed by atoms with van der Waals surface area (Å²) in [6, 6.07) is 9.69. The largest absolute Gasteiger partial charge is 0.335 e. The Morgan fingerprint density at radius 3 is 2.45 bits per heavy atom. The summed E-state index contributed by atoms with van der Waals surface area (Å²) in [7, 11) is 0. The van der Waals surface area contributed by atoms with Crippen LogP contribution >= 0.6 is 0 Å². The van der Waals surface area contributed by atoms with Crippen molar-refractivity contribution in [1.82, 2.24) is 4.90 Å². The molecule has 0 saturated carbocycles. The van der Waals surface area contributed by atoms with Crippen LogP contribution in [0.15, 0.2) is 30.3 Å². The van der Waals surface area contributed by atoms with Crippen LogP contribution in [0.25, 0.3) is 0 Å². The van der Waals surface area contributed by atoms with E-state index in [2.05, 4.69) is 20.8 Å². The molecule has 3 heteroatoms. The Hall–Kier alpha value is -1.64. The molecule has 1 aromatic rings. The zero-order valence-corrected chi connectivity index (χ0v) is 12.6. The number of carbonyl (C=O) groups excluding carboxylic acids is 2. The molecule has 1 fully saturated rings. The van der Waals surface area contributed by atoms with Crippen LogP contribution in [0, 0.1) is 11.3 Å². The molecule has 0 spiro atoms. The van der Waals surface area contributed by atoms with Crippen molar-refractivity contribution in [2.45, 2.75) is 33.6 Å². The number of carbonyl (C=O) groups is 2. The smallest absolute Gasteiger partial charge is 0.223 e. The van der Waals surface area contributed by atoms with Crippen LogP contribution < -0.4 is 0 Å². The van der Waals surface area contributed by atoms with Crippen molar-refractivity contribution in [2.75, 3.05) is 13.1 Å². The quantitative estimate of drug-likeness (QED) is 0.846. The predicted octanol–water partition coefficient (Wildman–Crippen LogP) is 2.69. The molecule has 1 aromatic carbocycles. The van der Waals surface area contributed by atoms with Gasteiger partial charge in [-0.15, -0.1) is 0 Å². The second kappa shape index (κ2) is 5.78. The highest BCUT2D eigenvalue weighted by Crippen LogP contribution is 2.34. The number of Topliss-reactive ketones (excluding diaryl/α,β-unsaturated/α-hetero) is 1. The summed E-state index contributed by atoms with van der Waals surface area (Å²) in [6.45, 7) is 7.42. The van der Waals surface area contributed by atoms with Gasteiger partial charge in [-0.05, 0) is 16.9 Å². The van der Waals surface area contributed by atoms with Gasteiger partial charge < -0.3 is 4.90 Å². The first-order chi connectivity index (χ1) is 9.36. The number of hydrogen-bond donors (Lipinski definition) is 0. The number of benzene rings is 1. The first-order valence-electron chi connectivity index (χ1n) is 7.19. The van der Waals surface area contributed by atoms with E-state index in [-0.39, 0.29) is 23.7 Å². The fourth-order valence-corrected chi connectivity index (χ4v) is 2.60. The Kier molecular flexibility index (Phi) is 4.26. The Morgan fingerprint density at radius 1 is 1.25 bits per heavy atom. The normalized spacial score (nSPS) is 19.4. The van der Waals surface area contributed by atoms with Crippen molar-refractivity contribution in [3.8, 4) is 0 Å². The van der Waals surface area contributed by atoms with Crippen LogP contribution in [-0.4, -0.2) is 29.7 Å². The molecule has 3 nitrogen and oxygen atoms in total. The highest BCUT2D eigenvalue weighted by molar-refractivity contribution is 5.88. The molecule has 0 radical (unpaired) electrons. The molecule has 0 N–H and O–H groups in total. The monoisotopic (exact) mass is 273 g/mol. The van der Waals surface area contributed by atoms with Crippen LogP contribution in [-0.2, 0) is 16.0 Å². The Bertz CT molecular complexity index is 487. The topological polar surface area (TPSA) is 37.4 Å². The molecule has 1 aliphatic heterocycles. The molecular formula is C17H23NO2. The average molecular weight is 273 g/mol. The first-order valence-corrected chi connectivity index (χ1v) is 7.19. The first kappa shape index (κ1) is 14.8. The number of hydrogen-bond acceptors (Lipinski definition) is 2. The van der Waals surface area contributed by atoms with E-state index in [0.29, 0.717) is 25.3 Å². The number of ketones is 1. The summed E-state index contributed by atoms with van der Waals surface area (Å²) in [5.41, 5.74) is 1.13. The molecule has 1 amide bonds. The summed E-state index contributed by atoms with van der Waals surface area (Å²) in [4.78, 5) is 25.8. The summed E-state index contributed by atoms with van der Waals surface area (Å²) < 4.78 is 0. The van der Waals surface area contributed by atoms with Gasteiger partial charge in [-0.3, -0.25) is 9.59 Å². The van der Waals surface area contributed by atoms with Crippen LogP contribution in [0.3, 0.4) is 0 Å². The minimum atomic E-state index is 0.110. The number of nitrogens with zero attached hydrogens (tertiary/aromatic N) is 1. The second-order valence-electron chi connectivity index (χ2n) is 6.74. The van der Waals surface area contributed by atoms with Gasteiger partial charge in [0.2, 0.25) is 5.91 Å². The third-order valence-corrected chi connectivity index (χ3v) is 4.05. The van der Waals surface area contributed by atoms with Gasteiger partial charge in [0.05, 0.1) is 6.54 Å². The summed E-state index contributed by atoms with van der Waals surface area (Å²) in [5, 5.41) is 0. The molecule has 1 atom stereocenters. The fraction of sp³-hybridized carbons (Fsp3) is 0.529.